The first kappa shape index (κ1) is 19.4. The van der Waals surface area contributed by atoms with Gasteiger partial charge in [-0.25, -0.2) is 0 Å². The normalized spacial score (nSPS) is 14.1. The van der Waals surface area contributed by atoms with Crippen molar-refractivity contribution in [1.29, 1.82) is 0 Å². The van der Waals surface area contributed by atoms with E-state index in [1.807, 2.05) is 35.2 Å². The van der Waals surface area contributed by atoms with Crippen LogP contribution in [0.15, 0.2) is 53.0 Å². The first-order valence-electron chi connectivity index (χ1n) is 9.02. The molecule has 1 fully saturated rings. The lowest BCUT2D eigenvalue weighted by Gasteiger charge is -2.36. The van der Waals surface area contributed by atoms with Crippen molar-refractivity contribution in [2.45, 2.75) is 12.8 Å². The lowest BCUT2D eigenvalue weighted by Crippen LogP contribution is -2.48. The number of carbonyl (C=O) groups is 2. The zero-order valence-corrected chi connectivity index (χ0v) is 16.9. The van der Waals surface area contributed by atoms with Crippen LogP contribution in [0.5, 0.6) is 5.75 Å². The molecule has 0 spiro atoms. The summed E-state index contributed by atoms with van der Waals surface area (Å²) in [6.07, 6.45) is 0.505. The van der Waals surface area contributed by atoms with Crippen LogP contribution in [0.3, 0.4) is 0 Å². The van der Waals surface area contributed by atoms with E-state index in [0.29, 0.717) is 18.7 Å². The number of rotatable bonds is 6. The standard InChI is InChI=1S/C21H23BrN2O3/c1-27-19-4-2-3-18(15-19)23-11-13-24(14-12-23)21(26)10-9-20(25)16-5-7-17(22)8-6-16/h2-8,15H,9-14H2,1H3. The molecule has 1 saturated heterocycles. The number of Topliss-reactive ketones (excluding diaryl/α,β-unsaturated/α-hetero) is 1. The largest absolute Gasteiger partial charge is 0.497 e. The molecule has 0 aromatic heterocycles. The summed E-state index contributed by atoms with van der Waals surface area (Å²) in [6, 6.07) is 15.2. The number of piperazine rings is 1. The van der Waals surface area contributed by atoms with Crippen molar-refractivity contribution in [3.63, 3.8) is 0 Å². The Hall–Kier alpha value is -2.34. The number of nitrogens with zero attached hydrogens (tertiary/aromatic N) is 2. The molecule has 0 unspecified atom stereocenters. The van der Waals surface area contributed by atoms with E-state index in [1.54, 1.807) is 19.2 Å². The fraction of sp³-hybridized carbons (Fsp3) is 0.333. The topological polar surface area (TPSA) is 49.9 Å². The van der Waals surface area contributed by atoms with Gasteiger partial charge in [0.25, 0.3) is 0 Å². The average molecular weight is 431 g/mol. The highest BCUT2D eigenvalue weighted by Crippen LogP contribution is 2.22. The summed E-state index contributed by atoms with van der Waals surface area (Å²) < 4.78 is 6.21. The van der Waals surface area contributed by atoms with Crippen molar-refractivity contribution in [3.05, 3.63) is 58.6 Å². The Bertz CT molecular complexity index is 799. The molecule has 0 saturated carbocycles. The maximum atomic E-state index is 12.5. The van der Waals surface area contributed by atoms with Gasteiger partial charge in [0.15, 0.2) is 5.78 Å². The minimum Gasteiger partial charge on any atom is -0.497 e. The van der Waals surface area contributed by atoms with Crippen molar-refractivity contribution in [3.8, 4) is 5.75 Å². The molecule has 1 aliphatic rings. The minimum absolute atomic E-state index is 0.00543. The maximum absolute atomic E-state index is 12.5. The number of ether oxygens (including phenoxy) is 1. The Labute approximate surface area is 168 Å². The third-order valence-electron chi connectivity index (χ3n) is 4.78. The van der Waals surface area contributed by atoms with Gasteiger partial charge in [-0.1, -0.05) is 34.1 Å². The average Bonchev–Trinajstić information content (AvgIpc) is 2.72. The second-order valence-electron chi connectivity index (χ2n) is 6.50. The molecule has 5 nitrogen and oxygen atoms in total. The second kappa shape index (κ2) is 9.04. The predicted octanol–water partition coefficient (Wildman–Crippen LogP) is 3.77. The second-order valence-corrected chi connectivity index (χ2v) is 7.42. The van der Waals surface area contributed by atoms with Crippen molar-refractivity contribution in [2.24, 2.45) is 0 Å². The zero-order chi connectivity index (χ0) is 19.2. The van der Waals surface area contributed by atoms with Crippen molar-refractivity contribution in [1.82, 2.24) is 4.90 Å². The third kappa shape index (κ3) is 5.10. The van der Waals surface area contributed by atoms with Crippen LogP contribution >= 0.6 is 15.9 Å². The smallest absolute Gasteiger partial charge is 0.223 e. The number of anilines is 1. The third-order valence-corrected chi connectivity index (χ3v) is 5.31. The number of ketones is 1. The van der Waals surface area contributed by atoms with Crippen LogP contribution in [0.2, 0.25) is 0 Å². The lowest BCUT2D eigenvalue weighted by atomic mass is 10.1. The highest BCUT2D eigenvalue weighted by molar-refractivity contribution is 9.10. The fourth-order valence-corrected chi connectivity index (χ4v) is 3.44. The van der Waals surface area contributed by atoms with Crippen molar-refractivity contribution >= 4 is 33.3 Å². The zero-order valence-electron chi connectivity index (χ0n) is 15.4. The van der Waals surface area contributed by atoms with Crippen LogP contribution < -0.4 is 9.64 Å². The Morgan fingerprint density at radius 1 is 1.00 bits per heavy atom. The summed E-state index contributed by atoms with van der Waals surface area (Å²) in [7, 11) is 1.66. The number of amides is 1. The molecule has 1 amide bonds. The molecule has 0 bridgehead atoms. The Morgan fingerprint density at radius 2 is 1.70 bits per heavy atom. The van der Waals surface area contributed by atoms with Crippen LogP contribution in [-0.2, 0) is 4.79 Å². The number of carbonyl (C=O) groups excluding carboxylic acids is 2. The lowest BCUT2D eigenvalue weighted by molar-refractivity contribution is -0.131. The van der Waals surface area contributed by atoms with Gasteiger partial charge in [0, 0.05) is 60.8 Å². The molecule has 27 heavy (non-hydrogen) atoms. The van der Waals surface area contributed by atoms with E-state index < -0.39 is 0 Å². The van der Waals surface area contributed by atoms with Gasteiger partial charge in [-0.3, -0.25) is 9.59 Å². The van der Waals surface area contributed by atoms with Crippen LogP contribution in [0, 0.1) is 0 Å². The first-order chi connectivity index (χ1) is 13.1. The molecular weight excluding hydrogens is 408 g/mol. The van der Waals surface area contributed by atoms with Gasteiger partial charge in [-0.05, 0) is 24.3 Å². The van der Waals surface area contributed by atoms with Gasteiger partial charge in [0.2, 0.25) is 5.91 Å². The van der Waals surface area contributed by atoms with Gasteiger partial charge in [-0.15, -0.1) is 0 Å². The molecule has 3 rings (SSSR count). The van der Waals surface area contributed by atoms with Crippen LogP contribution in [0.4, 0.5) is 5.69 Å². The van der Waals surface area contributed by atoms with Crippen LogP contribution in [0.1, 0.15) is 23.2 Å². The monoisotopic (exact) mass is 430 g/mol. The highest BCUT2D eigenvalue weighted by Gasteiger charge is 2.22. The minimum atomic E-state index is 0.00543. The van der Waals surface area contributed by atoms with Gasteiger partial charge in [0.05, 0.1) is 7.11 Å². The molecule has 0 radical (unpaired) electrons. The number of halogens is 1. The SMILES string of the molecule is COc1cccc(N2CCN(C(=O)CCC(=O)c3ccc(Br)cc3)CC2)c1. The van der Waals surface area contributed by atoms with E-state index in [-0.39, 0.29) is 24.5 Å². The molecule has 0 N–H and O–H groups in total. The summed E-state index contributed by atoms with van der Waals surface area (Å²) in [5.41, 5.74) is 1.75. The highest BCUT2D eigenvalue weighted by atomic mass is 79.9. The van der Waals surface area contributed by atoms with Crippen molar-refractivity contribution < 1.29 is 14.3 Å². The predicted molar refractivity (Wildman–Crippen MR) is 109 cm³/mol. The molecule has 1 aliphatic heterocycles. The summed E-state index contributed by atoms with van der Waals surface area (Å²) >= 11 is 3.36. The maximum Gasteiger partial charge on any atom is 0.223 e. The molecule has 6 heteroatoms. The Balaban J connectivity index is 1.48. The first-order valence-corrected chi connectivity index (χ1v) is 9.81. The summed E-state index contributed by atoms with van der Waals surface area (Å²) in [5.74, 6) is 0.883. The Morgan fingerprint density at radius 3 is 2.37 bits per heavy atom. The van der Waals surface area contributed by atoms with E-state index >= 15 is 0 Å². The molecular formula is C21H23BrN2O3. The van der Waals surface area contributed by atoms with E-state index in [4.69, 9.17) is 4.74 Å². The van der Waals surface area contributed by atoms with E-state index in [9.17, 15) is 9.59 Å². The van der Waals surface area contributed by atoms with Gasteiger partial charge in [0.1, 0.15) is 5.75 Å². The Kier molecular flexibility index (Phi) is 6.50. The molecule has 2 aromatic rings. The molecule has 0 aliphatic carbocycles. The molecule has 2 aromatic carbocycles. The van der Waals surface area contributed by atoms with Crippen LogP contribution in [-0.4, -0.2) is 49.9 Å². The molecule has 1 heterocycles. The molecule has 142 valence electrons. The van der Waals surface area contributed by atoms with Gasteiger partial charge < -0.3 is 14.5 Å². The number of methoxy groups -OCH3 is 1. The number of hydrogen-bond donors (Lipinski definition) is 0. The van der Waals surface area contributed by atoms with E-state index in [0.717, 1.165) is 29.0 Å². The van der Waals surface area contributed by atoms with Crippen LogP contribution in [0.25, 0.3) is 0 Å². The quantitative estimate of drug-likeness (QED) is 0.654. The summed E-state index contributed by atoms with van der Waals surface area (Å²) in [4.78, 5) is 28.8. The molecule has 0 atom stereocenters. The van der Waals surface area contributed by atoms with Gasteiger partial charge >= 0.3 is 0 Å². The van der Waals surface area contributed by atoms with Crippen molar-refractivity contribution in [2.75, 3.05) is 38.2 Å². The fourth-order valence-electron chi connectivity index (χ4n) is 3.18. The van der Waals surface area contributed by atoms with E-state index in [2.05, 4.69) is 26.9 Å². The summed E-state index contributed by atoms with van der Waals surface area (Å²) in [5, 5.41) is 0. The summed E-state index contributed by atoms with van der Waals surface area (Å²) in [6.45, 7) is 2.89. The van der Waals surface area contributed by atoms with Gasteiger partial charge in [-0.2, -0.15) is 0 Å². The van der Waals surface area contributed by atoms with E-state index in [1.165, 1.54) is 0 Å². The number of benzene rings is 2. The number of hydrogen-bond acceptors (Lipinski definition) is 4.